The molecule has 0 rings (SSSR count). The fourth-order valence-electron chi connectivity index (χ4n) is 3.29. The lowest BCUT2D eigenvalue weighted by molar-refractivity contribution is -0.142. The average molecular weight is 489 g/mol. The Balaban J connectivity index is 5.30. The van der Waals surface area contributed by atoms with Crippen LogP contribution in [0.3, 0.4) is 0 Å². The fraction of sp³-hybridized carbons (Fsp3) is 0.818. The van der Waals surface area contributed by atoms with Crippen LogP contribution in [-0.2, 0) is 19.2 Å². The normalized spacial score (nSPS) is 15.6. The number of carboxylic acids is 1. The van der Waals surface area contributed by atoms with Gasteiger partial charge in [0.25, 0.3) is 0 Å². The first kappa shape index (κ1) is 31.7. The van der Waals surface area contributed by atoms with Crippen molar-refractivity contribution in [2.75, 3.05) is 13.1 Å². The zero-order valence-electron chi connectivity index (χ0n) is 20.6. The fourth-order valence-corrected chi connectivity index (χ4v) is 3.29. The second-order valence-corrected chi connectivity index (χ2v) is 8.99. The van der Waals surface area contributed by atoms with E-state index in [0.717, 1.165) is 0 Å². The molecule has 0 aromatic carbocycles. The minimum atomic E-state index is -1.34. The lowest BCUT2D eigenvalue weighted by Gasteiger charge is -2.27. The molecule has 0 bridgehead atoms. The van der Waals surface area contributed by atoms with Crippen molar-refractivity contribution in [3.05, 3.63) is 0 Å². The van der Waals surface area contributed by atoms with E-state index in [0.29, 0.717) is 45.2 Å². The van der Waals surface area contributed by atoms with Crippen molar-refractivity contribution in [2.45, 2.75) is 96.0 Å². The minimum Gasteiger partial charge on any atom is -0.480 e. The Hall–Kier alpha value is -2.28. The summed E-state index contributed by atoms with van der Waals surface area (Å²) >= 11 is 0. The number of hydrogen-bond donors (Lipinski definition) is 8. The number of aliphatic hydroxyl groups is 1. The van der Waals surface area contributed by atoms with Gasteiger partial charge in [0.15, 0.2) is 0 Å². The Morgan fingerprint density at radius 2 is 1.29 bits per heavy atom. The summed E-state index contributed by atoms with van der Waals surface area (Å²) in [7, 11) is 0. The maximum Gasteiger partial charge on any atom is 0.326 e. The van der Waals surface area contributed by atoms with Gasteiger partial charge in [-0.3, -0.25) is 14.4 Å². The van der Waals surface area contributed by atoms with Gasteiger partial charge in [-0.25, -0.2) is 4.79 Å². The zero-order chi connectivity index (χ0) is 26.3. The van der Waals surface area contributed by atoms with Gasteiger partial charge < -0.3 is 43.4 Å². The molecule has 3 amide bonds. The number of nitrogens with two attached hydrogens (primary N) is 3. The topological polar surface area (TPSA) is 223 Å². The number of amides is 3. The van der Waals surface area contributed by atoms with Crippen LogP contribution in [0.15, 0.2) is 0 Å². The molecule has 0 aliphatic carbocycles. The molecule has 0 aliphatic rings. The highest BCUT2D eigenvalue weighted by molar-refractivity contribution is 5.94. The van der Waals surface area contributed by atoms with Crippen LogP contribution in [0.2, 0.25) is 0 Å². The van der Waals surface area contributed by atoms with Crippen molar-refractivity contribution in [3.63, 3.8) is 0 Å². The molecule has 5 unspecified atom stereocenters. The monoisotopic (exact) mass is 488 g/mol. The summed E-state index contributed by atoms with van der Waals surface area (Å²) in [6.45, 7) is 5.91. The third-order valence-corrected chi connectivity index (χ3v) is 5.27. The molecule has 0 heterocycles. The molecule has 12 nitrogen and oxygen atoms in total. The highest BCUT2D eigenvalue weighted by Crippen LogP contribution is 2.09. The molecule has 0 radical (unpaired) electrons. The zero-order valence-corrected chi connectivity index (χ0v) is 20.6. The van der Waals surface area contributed by atoms with Crippen LogP contribution in [0.1, 0.15) is 65.7 Å². The quantitative estimate of drug-likeness (QED) is 0.105. The van der Waals surface area contributed by atoms with Crippen molar-refractivity contribution in [2.24, 2.45) is 23.1 Å². The summed E-state index contributed by atoms with van der Waals surface area (Å²) in [6, 6.07) is -4.39. The molecule has 5 atom stereocenters. The molecule has 11 N–H and O–H groups in total. The van der Waals surface area contributed by atoms with Crippen LogP contribution < -0.4 is 33.2 Å². The highest BCUT2D eigenvalue weighted by atomic mass is 16.4. The summed E-state index contributed by atoms with van der Waals surface area (Å²) < 4.78 is 0. The van der Waals surface area contributed by atoms with E-state index in [9.17, 15) is 29.4 Å². The summed E-state index contributed by atoms with van der Waals surface area (Å²) in [5.74, 6) is -3.22. The number of hydrogen-bond acceptors (Lipinski definition) is 8. The first-order valence-electron chi connectivity index (χ1n) is 11.9. The molecule has 0 aromatic heterocycles. The molecule has 0 saturated heterocycles. The Labute approximate surface area is 201 Å². The van der Waals surface area contributed by atoms with E-state index in [-0.39, 0.29) is 18.8 Å². The Kier molecular flexibility index (Phi) is 16.0. The second-order valence-electron chi connectivity index (χ2n) is 8.99. The number of unbranched alkanes of at least 4 members (excludes halogenated alkanes) is 2. The van der Waals surface area contributed by atoms with E-state index in [2.05, 4.69) is 16.0 Å². The molecule has 0 spiro atoms. The molecular formula is C22H44N6O6. The van der Waals surface area contributed by atoms with E-state index >= 15 is 0 Å². The molecule has 34 heavy (non-hydrogen) atoms. The molecule has 0 fully saturated rings. The van der Waals surface area contributed by atoms with E-state index in [1.165, 1.54) is 6.92 Å². The second kappa shape index (κ2) is 17.2. The predicted octanol–water partition coefficient (Wildman–Crippen LogP) is -1.46. The molecule has 198 valence electrons. The third-order valence-electron chi connectivity index (χ3n) is 5.27. The van der Waals surface area contributed by atoms with Crippen LogP contribution in [0.5, 0.6) is 0 Å². The van der Waals surface area contributed by atoms with Crippen LogP contribution in [-0.4, -0.2) is 77.3 Å². The van der Waals surface area contributed by atoms with Crippen molar-refractivity contribution in [3.8, 4) is 0 Å². The van der Waals surface area contributed by atoms with Gasteiger partial charge in [-0.05, 0) is 64.5 Å². The number of carbonyl (C=O) groups is 4. The van der Waals surface area contributed by atoms with Gasteiger partial charge in [-0.1, -0.05) is 20.3 Å². The van der Waals surface area contributed by atoms with Gasteiger partial charge in [0, 0.05) is 0 Å². The van der Waals surface area contributed by atoms with Crippen molar-refractivity contribution < 1.29 is 29.4 Å². The first-order chi connectivity index (χ1) is 15.9. The van der Waals surface area contributed by atoms with Gasteiger partial charge in [0.2, 0.25) is 17.7 Å². The highest BCUT2D eigenvalue weighted by Gasteiger charge is 2.32. The Morgan fingerprint density at radius 3 is 1.76 bits per heavy atom. The average Bonchev–Trinajstić information content (AvgIpc) is 2.75. The van der Waals surface area contributed by atoms with Crippen LogP contribution >= 0.6 is 0 Å². The lowest BCUT2D eigenvalue weighted by atomic mass is 10.0. The summed E-state index contributed by atoms with van der Waals surface area (Å²) in [6.07, 6.45) is 2.04. The minimum absolute atomic E-state index is 0.00729. The van der Waals surface area contributed by atoms with Gasteiger partial charge in [0.05, 0.1) is 12.1 Å². The third kappa shape index (κ3) is 12.8. The maximum absolute atomic E-state index is 12.9. The van der Waals surface area contributed by atoms with Crippen molar-refractivity contribution in [1.29, 1.82) is 0 Å². The molecule has 0 aromatic rings. The van der Waals surface area contributed by atoms with Crippen molar-refractivity contribution in [1.82, 2.24) is 16.0 Å². The molecular weight excluding hydrogens is 444 g/mol. The van der Waals surface area contributed by atoms with E-state index in [1.807, 2.05) is 13.8 Å². The number of carbonyl (C=O) groups excluding carboxylic acids is 3. The largest absolute Gasteiger partial charge is 0.480 e. The Morgan fingerprint density at radius 1 is 0.765 bits per heavy atom. The standard InChI is InChI=1S/C22H44N6O6/c1-13(2)12-17(20(31)26-16(22(33)34)9-5-7-11-24)27-21(32)18(14(3)29)28-19(30)15(25)8-4-6-10-23/h13-18,29H,4-12,23-25H2,1-3H3,(H,26,31)(H,27,32)(H,28,30)(H,33,34). The van der Waals surface area contributed by atoms with Gasteiger partial charge >= 0.3 is 5.97 Å². The van der Waals surface area contributed by atoms with E-state index < -0.39 is 54.0 Å². The summed E-state index contributed by atoms with van der Waals surface area (Å²) in [5.41, 5.74) is 16.7. The number of nitrogens with one attached hydrogen (secondary N) is 3. The lowest BCUT2D eigenvalue weighted by Crippen LogP contribution is -2.60. The summed E-state index contributed by atoms with van der Waals surface area (Å²) in [4.78, 5) is 49.6. The van der Waals surface area contributed by atoms with Crippen LogP contribution in [0, 0.1) is 5.92 Å². The van der Waals surface area contributed by atoms with Crippen molar-refractivity contribution >= 4 is 23.7 Å². The number of aliphatic carboxylic acids is 1. The molecule has 0 saturated carbocycles. The van der Waals surface area contributed by atoms with Crippen LogP contribution in [0.25, 0.3) is 0 Å². The predicted molar refractivity (Wildman–Crippen MR) is 128 cm³/mol. The first-order valence-corrected chi connectivity index (χ1v) is 11.9. The SMILES string of the molecule is CC(C)CC(NC(=O)C(NC(=O)C(N)CCCCN)C(C)O)C(=O)NC(CCCCN)C(=O)O. The summed E-state index contributed by atoms with van der Waals surface area (Å²) in [5, 5.41) is 27.0. The number of carboxylic acid groups (broad SMARTS) is 1. The molecule has 12 heteroatoms. The van der Waals surface area contributed by atoms with Gasteiger partial charge in [0.1, 0.15) is 18.1 Å². The van der Waals surface area contributed by atoms with Gasteiger partial charge in [-0.15, -0.1) is 0 Å². The molecule has 0 aliphatic heterocycles. The van der Waals surface area contributed by atoms with E-state index in [4.69, 9.17) is 17.2 Å². The van der Waals surface area contributed by atoms with Crippen LogP contribution in [0.4, 0.5) is 0 Å². The number of rotatable bonds is 18. The smallest absolute Gasteiger partial charge is 0.326 e. The number of aliphatic hydroxyl groups excluding tert-OH is 1. The van der Waals surface area contributed by atoms with Gasteiger partial charge in [-0.2, -0.15) is 0 Å². The Bertz CT molecular complexity index is 645. The maximum atomic E-state index is 12.9. The van der Waals surface area contributed by atoms with E-state index in [1.54, 1.807) is 0 Å².